The minimum Gasteiger partial charge on any atom is -0.503 e. The lowest BCUT2D eigenvalue weighted by Gasteiger charge is -2.32. The maximum Gasteiger partial charge on any atom is 0.290 e. The van der Waals surface area contributed by atoms with Crippen LogP contribution in [0.3, 0.4) is 0 Å². The number of aliphatic hydroxyl groups is 1. The van der Waals surface area contributed by atoms with E-state index in [9.17, 15) is 14.7 Å². The minimum atomic E-state index is -0.519. The van der Waals surface area contributed by atoms with E-state index >= 15 is 0 Å². The molecule has 152 valence electrons. The van der Waals surface area contributed by atoms with Gasteiger partial charge in [0.2, 0.25) is 0 Å². The molecule has 1 amide bonds. The summed E-state index contributed by atoms with van der Waals surface area (Å²) >= 11 is 0. The molecule has 1 aromatic carbocycles. The van der Waals surface area contributed by atoms with Crippen molar-refractivity contribution >= 4 is 11.7 Å². The second kappa shape index (κ2) is 8.38. The maximum atomic E-state index is 12.9. The summed E-state index contributed by atoms with van der Waals surface area (Å²) in [6, 6.07) is 7.09. The van der Waals surface area contributed by atoms with Gasteiger partial charge in [-0.15, -0.1) is 0 Å². The van der Waals surface area contributed by atoms with Crippen molar-refractivity contribution in [2.24, 2.45) is 5.92 Å². The van der Waals surface area contributed by atoms with Crippen LogP contribution in [0.15, 0.2) is 35.6 Å². The number of benzene rings is 1. The summed E-state index contributed by atoms with van der Waals surface area (Å²) in [5.41, 5.74) is 1.09. The molecule has 1 saturated carbocycles. The first-order valence-electron chi connectivity index (χ1n) is 10.3. The van der Waals surface area contributed by atoms with E-state index in [0.29, 0.717) is 6.42 Å². The lowest BCUT2D eigenvalue weighted by Crippen LogP contribution is -2.38. The third kappa shape index (κ3) is 4.08. The molecule has 1 fully saturated rings. The molecule has 0 spiro atoms. The van der Waals surface area contributed by atoms with Crippen LogP contribution in [0.25, 0.3) is 0 Å². The van der Waals surface area contributed by atoms with Gasteiger partial charge in [-0.3, -0.25) is 9.59 Å². The predicted molar refractivity (Wildman–Crippen MR) is 108 cm³/mol. The number of carbonyl (C=O) groups is 2. The zero-order valence-electron chi connectivity index (χ0n) is 17.3. The van der Waals surface area contributed by atoms with Crippen molar-refractivity contribution in [3.8, 4) is 5.75 Å². The molecular weight excluding hydrogens is 354 g/mol. The van der Waals surface area contributed by atoms with Gasteiger partial charge in [0.25, 0.3) is 5.91 Å². The maximum absolute atomic E-state index is 12.9. The second-order valence-corrected chi connectivity index (χ2v) is 8.57. The van der Waals surface area contributed by atoms with Crippen molar-refractivity contribution in [3.05, 3.63) is 41.2 Å². The van der Waals surface area contributed by atoms with Crippen molar-refractivity contribution in [3.63, 3.8) is 0 Å². The summed E-state index contributed by atoms with van der Waals surface area (Å²) in [6.45, 7) is 7.87. The molecule has 1 heterocycles. The van der Waals surface area contributed by atoms with Crippen LogP contribution in [0.4, 0.5) is 0 Å². The number of ether oxygens (including phenoxy) is 1. The summed E-state index contributed by atoms with van der Waals surface area (Å²) in [7, 11) is 0. The average molecular weight is 386 g/mol. The van der Waals surface area contributed by atoms with E-state index < -0.39 is 11.9 Å². The fourth-order valence-corrected chi connectivity index (χ4v) is 4.28. The Morgan fingerprint density at radius 3 is 2.29 bits per heavy atom. The van der Waals surface area contributed by atoms with Gasteiger partial charge in [-0.05, 0) is 50.3 Å². The highest BCUT2D eigenvalue weighted by Gasteiger charge is 2.46. The summed E-state index contributed by atoms with van der Waals surface area (Å²) in [4.78, 5) is 27.6. The lowest BCUT2D eigenvalue weighted by molar-refractivity contribution is -0.131. The lowest BCUT2D eigenvalue weighted by atomic mass is 9.91. The van der Waals surface area contributed by atoms with E-state index in [1.54, 1.807) is 4.90 Å². The number of Topliss-reactive ketones (excluding diaryl/α,β-unsaturated/α-hetero) is 1. The molecule has 0 bridgehead atoms. The Kier molecular flexibility index (Phi) is 6.11. The number of aliphatic hydroxyl groups excluding tert-OH is 1. The van der Waals surface area contributed by atoms with E-state index in [2.05, 4.69) is 0 Å². The van der Waals surface area contributed by atoms with Crippen LogP contribution < -0.4 is 4.74 Å². The van der Waals surface area contributed by atoms with Gasteiger partial charge >= 0.3 is 0 Å². The Hall–Kier alpha value is -2.30. The molecule has 1 N–H and O–H groups in total. The largest absolute Gasteiger partial charge is 0.503 e. The Morgan fingerprint density at radius 2 is 1.75 bits per heavy atom. The molecule has 0 radical (unpaired) electrons. The highest BCUT2D eigenvalue weighted by Crippen LogP contribution is 2.43. The smallest absolute Gasteiger partial charge is 0.290 e. The van der Waals surface area contributed by atoms with E-state index in [4.69, 9.17) is 4.74 Å². The molecule has 1 aliphatic carbocycles. The number of nitrogens with zero attached hydrogens (tertiary/aromatic N) is 1. The molecule has 1 unspecified atom stereocenters. The third-order valence-corrected chi connectivity index (χ3v) is 5.42. The molecule has 3 rings (SSSR count). The van der Waals surface area contributed by atoms with Gasteiger partial charge in [-0.25, -0.2) is 0 Å². The van der Waals surface area contributed by atoms with Gasteiger partial charge in [-0.2, -0.15) is 0 Å². The number of ketones is 1. The number of amides is 1. The first-order chi connectivity index (χ1) is 13.3. The average Bonchev–Trinajstić information content (AvgIpc) is 3.22. The van der Waals surface area contributed by atoms with Gasteiger partial charge in [0.05, 0.1) is 17.7 Å². The van der Waals surface area contributed by atoms with Gasteiger partial charge in [-0.1, -0.05) is 38.8 Å². The van der Waals surface area contributed by atoms with Crippen LogP contribution in [0, 0.1) is 5.92 Å². The van der Waals surface area contributed by atoms with Crippen LogP contribution in [-0.2, 0) is 9.59 Å². The molecule has 0 saturated heterocycles. The van der Waals surface area contributed by atoms with E-state index in [1.165, 1.54) is 0 Å². The van der Waals surface area contributed by atoms with E-state index in [1.807, 2.05) is 52.0 Å². The fourth-order valence-electron chi connectivity index (χ4n) is 4.28. The zero-order chi connectivity index (χ0) is 20.4. The fraction of sp³-hybridized carbons (Fsp3) is 0.565. The Labute approximate surface area is 167 Å². The standard InChI is InChI=1S/C23H31NO4/c1-14(2)13-19(25)20-21(16-9-11-18(12-10-16)28-15(3)4)24(23(27)22(20)26)17-7-5-6-8-17/h9-12,14-15,17,21,26H,5-8,13H2,1-4H3. The highest BCUT2D eigenvalue weighted by atomic mass is 16.5. The molecule has 1 aromatic rings. The molecule has 0 aromatic heterocycles. The second-order valence-electron chi connectivity index (χ2n) is 8.57. The van der Waals surface area contributed by atoms with Crippen LogP contribution in [0.1, 0.15) is 71.4 Å². The molecule has 5 nitrogen and oxygen atoms in total. The van der Waals surface area contributed by atoms with Crippen molar-refractivity contribution in [1.82, 2.24) is 4.90 Å². The normalized spacial score (nSPS) is 20.7. The topological polar surface area (TPSA) is 66.8 Å². The van der Waals surface area contributed by atoms with Crippen LogP contribution in [0.5, 0.6) is 5.75 Å². The molecule has 5 heteroatoms. The Balaban J connectivity index is 1.99. The summed E-state index contributed by atoms with van der Waals surface area (Å²) in [5, 5.41) is 10.6. The van der Waals surface area contributed by atoms with Crippen molar-refractivity contribution in [2.45, 2.75) is 78.0 Å². The van der Waals surface area contributed by atoms with Crippen molar-refractivity contribution in [1.29, 1.82) is 0 Å². The van der Waals surface area contributed by atoms with E-state index in [0.717, 1.165) is 37.0 Å². The molecule has 2 aliphatic rings. The van der Waals surface area contributed by atoms with Crippen LogP contribution in [-0.4, -0.2) is 33.8 Å². The monoisotopic (exact) mass is 385 g/mol. The van der Waals surface area contributed by atoms with Gasteiger partial charge in [0, 0.05) is 12.5 Å². The predicted octanol–water partition coefficient (Wildman–Crippen LogP) is 4.73. The quantitative estimate of drug-likeness (QED) is 0.737. The number of hydrogen-bond donors (Lipinski definition) is 1. The minimum absolute atomic E-state index is 0.0654. The summed E-state index contributed by atoms with van der Waals surface area (Å²) < 4.78 is 5.72. The van der Waals surface area contributed by atoms with Crippen LogP contribution >= 0.6 is 0 Å². The molecule has 28 heavy (non-hydrogen) atoms. The molecular formula is C23H31NO4. The van der Waals surface area contributed by atoms with Gasteiger partial charge in [0.15, 0.2) is 11.5 Å². The molecule has 1 atom stereocenters. The SMILES string of the molecule is CC(C)CC(=O)C1=C(O)C(=O)N(C2CCCC2)C1c1ccc(OC(C)C)cc1. The summed E-state index contributed by atoms with van der Waals surface area (Å²) in [6.07, 6.45) is 4.35. The summed E-state index contributed by atoms with van der Waals surface area (Å²) in [5.74, 6) is -0.0185. The third-order valence-electron chi connectivity index (χ3n) is 5.42. The first-order valence-corrected chi connectivity index (χ1v) is 10.3. The van der Waals surface area contributed by atoms with Crippen molar-refractivity contribution < 1.29 is 19.4 Å². The number of carbonyl (C=O) groups excluding carboxylic acids is 2. The number of rotatable bonds is 7. The zero-order valence-corrected chi connectivity index (χ0v) is 17.3. The van der Waals surface area contributed by atoms with Gasteiger partial charge < -0.3 is 14.7 Å². The van der Waals surface area contributed by atoms with E-state index in [-0.39, 0.29) is 35.2 Å². The number of hydrogen-bond acceptors (Lipinski definition) is 4. The molecule has 1 aliphatic heterocycles. The van der Waals surface area contributed by atoms with Gasteiger partial charge in [0.1, 0.15) is 5.75 Å². The first kappa shape index (κ1) is 20.4. The van der Waals surface area contributed by atoms with Crippen molar-refractivity contribution in [2.75, 3.05) is 0 Å². The Bertz CT molecular complexity index is 757. The Morgan fingerprint density at radius 1 is 1.14 bits per heavy atom. The van der Waals surface area contributed by atoms with Crippen LogP contribution in [0.2, 0.25) is 0 Å². The highest BCUT2D eigenvalue weighted by molar-refractivity contribution is 6.09.